The average Bonchev–Trinajstić information content (AvgIpc) is 1.81. The smallest absolute Gasteiger partial charge is 0.0650 e. The molecular weight excluding hydrogens is 124 g/mol. The number of hydrogen-bond donors (Lipinski definition) is 0. The van der Waals surface area contributed by atoms with Crippen LogP contribution >= 0.6 is 0 Å². The van der Waals surface area contributed by atoms with E-state index in [0.717, 1.165) is 12.5 Å². The first kappa shape index (κ1) is 8.06. The molecule has 0 N–H and O–H groups in total. The third-order valence-corrected chi connectivity index (χ3v) is 2.21. The Morgan fingerprint density at radius 3 is 2.20 bits per heavy atom. The molecule has 1 heterocycles. The highest BCUT2D eigenvalue weighted by Gasteiger charge is 2.39. The van der Waals surface area contributed by atoms with E-state index in [1.165, 1.54) is 6.42 Å². The van der Waals surface area contributed by atoms with Crippen molar-refractivity contribution >= 4 is 0 Å². The summed E-state index contributed by atoms with van der Waals surface area (Å²) in [7, 11) is 0. The van der Waals surface area contributed by atoms with E-state index in [0.29, 0.717) is 11.5 Å². The minimum Gasteiger partial charge on any atom is -0.377 e. The fourth-order valence-electron chi connectivity index (χ4n) is 1.35. The van der Waals surface area contributed by atoms with E-state index in [4.69, 9.17) is 4.74 Å². The monoisotopic (exact) mass is 142 g/mol. The van der Waals surface area contributed by atoms with Crippen LogP contribution in [0.4, 0.5) is 0 Å². The Kier molecular flexibility index (Phi) is 2.04. The molecule has 0 aliphatic carbocycles. The van der Waals surface area contributed by atoms with E-state index < -0.39 is 0 Å². The van der Waals surface area contributed by atoms with Crippen molar-refractivity contribution in [2.45, 2.75) is 40.2 Å². The maximum absolute atomic E-state index is 5.46. The molecule has 60 valence electrons. The van der Waals surface area contributed by atoms with E-state index in [1.54, 1.807) is 0 Å². The van der Waals surface area contributed by atoms with Crippen LogP contribution in [0.3, 0.4) is 0 Å². The fraction of sp³-hybridized carbons (Fsp3) is 1.00. The van der Waals surface area contributed by atoms with Crippen LogP contribution in [-0.2, 0) is 4.74 Å². The van der Waals surface area contributed by atoms with Gasteiger partial charge in [-0.05, 0) is 12.3 Å². The summed E-state index contributed by atoms with van der Waals surface area (Å²) >= 11 is 0. The van der Waals surface area contributed by atoms with Crippen molar-refractivity contribution in [3.05, 3.63) is 0 Å². The molecule has 1 aliphatic heterocycles. The third kappa shape index (κ3) is 1.51. The molecule has 0 aromatic heterocycles. The summed E-state index contributed by atoms with van der Waals surface area (Å²) in [5.41, 5.74) is 0.449. The van der Waals surface area contributed by atoms with Gasteiger partial charge in [0.1, 0.15) is 0 Å². The predicted molar refractivity (Wildman–Crippen MR) is 43.0 cm³/mol. The minimum atomic E-state index is 0.449. The van der Waals surface area contributed by atoms with Crippen LogP contribution in [-0.4, -0.2) is 12.7 Å². The van der Waals surface area contributed by atoms with Gasteiger partial charge in [0, 0.05) is 5.41 Å². The van der Waals surface area contributed by atoms with Gasteiger partial charge in [-0.1, -0.05) is 27.7 Å². The van der Waals surface area contributed by atoms with Crippen LogP contribution < -0.4 is 0 Å². The lowest BCUT2D eigenvalue weighted by Gasteiger charge is -2.45. The molecule has 1 saturated heterocycles. The number of ether oxygens (including phenoxy) is 1. The molecule has 0 radical (unpaired) electrons. The predicted octanol–water partition coefficient (Wildman–Crippen LogP) is 2.46. The molecule has 0 spiro atoms. The van der Waals surface area contributed by atoms with Gasteiger partial charge in [-0.3, -0.25) is 0 Å². The van der Waals surface area contributed by atoms with Gasteiger partial charge < -0.3 is 4.74 Å². The zero-order valence-corrected chi connectivity index (χ0v) is 7.48. The normalized spacial score (nSPS) is 30.3. The molecule has 1 nitrogen and oxygen atoms in total. The summed E-state index contributed by atoms with van der Waals surface area (Å²) in [6.07, 6.45) is 1.74. The second-order valence-electron chi connectivity index (χ2n) is 4.42. The van der Waals surface area contributed by atoms with Crippen molar-refractivity contribution < 1.29 is 4.74 Å². The van der Waals surface area contributed by atoms with Gasteiger partial charge in [-0.2, -0.15) is 0 Å². The summed E-state index contributed by atoms with van der Waals surface area (Å²) in [6, 6.07) is 0. The highest BCUT2D eigenvalue weighted by Crippen LogP contribution is 2.37. The largest absolute Gasteiger partial charge is 0.377 e. The zero-order chi connectivity index (χ0) is 7.78. The van der Waals surface area contributed by atoms with Crippen LogP contribution in [0.25, 0.3) is 0 Å². The number of hydrogen-bond acceptors (Lipinski definition) is 1. The first-order valence-electron chi connectivity index (χ1n) is 4.14. The van der Waals surface area contributed by atoms with Gasteiger partial charge in [0.2, 0.25) is 0 Å². The van der Waals surface area contributed by atoms with Gasteiger partial charge in [0.15, 0.2) is 0 Å². The summed E-state index contributed by atoms with van der Waals surface area (Å²) in [4.78, 5) is 0. The Morgan fingerprint density at radius 2 is 2.10 bits per heavy atom. The molecule has 10 heavy (non-hydrogen) atoms. The number of rotatable bonds is 2. The topological polar surface area (TPSA) is 9.23 Å². The quantitative estimate of drug-likeness (QED) is 0.575. The maximum atomic E-state index is 5.46. The second-order valence-corrected chi connectivity index (χ2v) is 4.42. The molecule has 1 fully saturated rings. The highest BCUT2D eigenvalue weighted by atomic mass is 16.5. The first-order valence-corrected chi connectivity index (χ1v) is 4.14. The summed E-state index contributed by atoms with van der Waals surface area (Å²) in [5.74, 6) is 0.768. The van der Waals surface area contributed by atoms with E-state index >= 15 is 0 Å². The Labute approximate surface area is 63.8 Å². The van der Waals surface area contributed by atoms with Crippen molar-refractivity contribution in [1.29, 1.82) is 0 Å². The lowest BCUT2D eigenvalue weighted by atomic mass is 9.79. The Bertz CT molecular complexity index is 116. The Morgan fingerprint density at radius 1 is 1.50 bits per heavy atom. The van der Waals surface area contributed by atoms with Crippen LogP contribution in [0, 0.1) is 11.3 Å². The van der Waals surface area contributed by atoms with Crippen LogP contribution in [0.15, 0.2) is 0 Å². The van der Waals surface area contributed by atoms with Crippen LogP contribution in [0.2, 0.25) is 0 Å². The molecule has 1 atom stereocenters. The Balaban J connectivity index is 2.30. The molecule has 0 unspecified atom stereocenters. The van der Waals surface area contributed by atoms with Crippen molar-refractivity contribution in [1.82, 2.24) is 0 Å². The highest BCUT2D eigenvalue weighted by molar-refractivity contribution is 4.87. The second kappa shape index (κ2) is 2.54. The van der Waals surface area contributed by atoms with Gasteiger partial charge in [-0.15, -0.1) is 0 Å². The van der Waals surface area contributed by atoms with Crippen LogP contribution in [0.1, 0.15) is 34.1 Å². The summed E-state index contributed by atoms with van der Waals surface area (Å²) in [5, 5.41) is 0. The maximum Gasteiger partial charge on any atom is 0.0650 e. The Hall–Kier alpha value is -0.0400. The molecular formula is C9H18O. The van der Waals surface area contributed by atoms with Crippen molar-refractivity contribution in [3.63, 3.8) is 0 Å². The van der Waals surface area contributed by atoms with Crippen molar-refractivity contribution in [3.8, 4) is 0 Å². The summed E-state index contributed by atoms with van der Waals surface area (Å²) in [6.45, 7) is 10.0. The lowest BCUT2D eigenvalue weighted by molar-refractivity contribution is -0.174. The van der Waals surface area contributed by atoms with Crippen molar-refractivity contribution in [2.75, 3.05) is 6.61 Å². The third-order valence-electron chi connectivity index (χ3n) is 2.21. The van der Waals surface area contributed by atoms with Gasteiger partial charge in [-0.25, -0.2) is 0 Å². The fourth-order valence-corrected chi connectivity index (χ4v) is 1.35. The molecule has 0 bridgehead atoms. The van der Waals surface area contributed by atoms with E-state index in [-0.39, 0.29) is 0 Å². The van der Waals surface area contributed by atoms with Gasteiger partial charge in [0.25, 0.3) is 0 Å². The molecule has 0 amide bonds. The first-order chi connectivity index (χ1) is 4.52. The molecule has 1 aliphatic rings. The van der Waals surface area contributed by atoms with Gasteiger partial charge >= 0.3 is 0 Å². The average molecular weight is 142 g/mol. The molecule has 0 aromatic carbocycles. The summed E-state index contributed by atoms with van der Waals surface area (Å²) < 4.78 is 5.46. The van der Waals surface area contributed by atoms with Crippen molar-refractivity contribution in [2.24, 2.45) is 11.3 Å². The minimum absolute atomic E-state index is 0.449. The van der Waals surface area contributed by atoms with E-state index in [9.17, 15) is 0 Å². The molecule has 1 heteroatoms. The molecule has 0 aromatic rings. The zero-order valence-electron chi connectivity index (χ0n) is 7.48. The van der Waals surface area contributed by atoms with E-state index in [2.05, 4.69) is 27.7 Å². The molecule has 0 saturated carbocycles. The standard InChI is InChI=1S/C9H18O/c1-7(2)5-8-9(3,4)6-10-8/h7-8H,5-6H2,1-4H3/t8-/m1/s1. The van der Waals surface area contributed by atoms with E-state index in [1.807, 2.05) is 0 Å². The SMILES string of the molecule is CC(C)C[C@H]1OCC1(C)C. The van der Waals surface area contributed by atoms with Gasteiger partial charge in [0.05, 0.1) is 12.7 Å². The lowest BCUT2D eigenvalue weighted by Crippen LogP contribution is -2.48. The molecule has 1 rings (SSSR count). The van der Waals surface area contributed by atoms with Crippen LogP contribution in [0.5, 0.6) is 0 Å².